The van der Waals surface area contributed by atoms with E-state index < -0.39 is 5.82 Å². The Hall–Kier alpha value is -4.11. The van der Waals surface area contributed by atoms with E-state index in [4.69, 9.17) is 0 Å². The number of aliphatic hydroxyl groups is 1. The molecule has 0 aliphatic rings. The molecule has 5 rings (SSSR count). The number of hydrogen-bond acceptors (Lipinski definition) is 5. The van der Waals surface area contributed by atoms with E-state index >= 15 is 4.39 Å². The van der Waals surface area contributed by atoms with E-state index in [-0.39, 0.29) is 30.6 Å². The molecule has 1 aromatic carbocycles. The Morgan fingerprint density at radius 3 is 2.74 bits per heavy atom. The number of nitrogens with zero attached hydrogens (tertiary/aromatic N) is 5. The number of carbonyl (C=O) groups excluding carboxylic acids is 1. The number of amides is 1. The van der Waals surface area contributed by atoms with Gasteiger partial charge in [0.25, 0.3) is 5.91 Å². The lowest BCUT2D eigenvalue weighted by Gasteiger charge is -2.04. The fraction of sp³-hybridized carbons (Fsp3) is 0.0909. The fourth-order valence-electron chi connectivity index (χ4n) is 3.49. The summed E-state index contributed by atoms with van der Waals surface area (Å²) in [6, 6.07) is 15.4. The smallest absolute Gasteiger partial charge is 0.256 e. The molecule has 4 heterocycles. The van der Waals surface area contributed by atoms with Gasteiger partial charge in [-0.15, -0.1) is 0 Å². The Morgan fingerprint density at radius 2 is 1.94 bits per heavy atom. The standard InChI is InChI=1S/C22H17FN6O2/c23-17-12-15-20(26-22(31)14-6-2-1-3-7-14)27-29(10-11-30)21(15)25-19(17)16-13-24-28-9-5-4-8-18(16)28/h1-9,12-13,30H,10-11H2,(H,26,27,31). The highest BCUT2D eigenvalue weighted by molar-refractivity contribution is 6.07. The van der Waals surface area contributed by atoms with Gasteiger partial charge in [0.1, 0.15) is 5.69 Å². The molecule has 31 heavy (non-hydrogen) atoms. The molecule has 0 bridgehead atoms. The van der Waals surface area contributed by atoms with Crippen molar-refractivity contribution in [3.05, 3.63) is 78.4 Å². The molecule has 2 N–H and O–H groups in total. The summed E-state index contributed by atoms with van der Waals surface area (Å²) in [4.78, 5) is 17.1. The van der Waals surface area contributed by atoms with Crippen molar-refractivity contribution in [3.8, 4) is 11.3 Å². The lowest BCUT2D eigenvalue weighted by atomic mass is 10.1. The van der Waals surface area contributed by atoms with Crippen LogP contribution in [0.4, 0.5) is 10.2 Å². The van der Waals surface area contributed by atoms with Crippen molar-refractivity contribution in [2.75, 3.05) is 11.9 Å². The second kappa shape index (κ2) is 7.62. The van der Waals surface area contributed by atoms with E-state index in [0.29, 0.717) is 27.7 Å². The maximum atomic E-state index is 15.1. The Kier molecular flexibility index (Phi) is 4.64. The van der Waals surface area contributed by atoms with Crippen molar-refractivity contribution in [2.45, 2.75) is 6.54 Å². The summed E-state index contributed by atoms with van der Waals surface area (Å²) < 4.78 is 18.2. The summed E-state index contributed by atoms with van der Waals surface area (Å²) in [5.74, 6) is -0.761. The van der Waals surface area contributed by atoms with Gasteiger partial charge in [-0.2, -0.15) is 10.2 Å². The molecule has 0 atom stereocenters. The number of benzene rings is 1. The normalized spacial score (nSPS) is 11.3. The van der Waals surface area contributed by atoms with E-state index in [1.807, 2.05) is 24.3 Å². The summed E-state index contributed by atoms with van der Waals surface area (Å²) in [6.45, 7) is -0.0432. The Morgan fingerprint density at radius 1 is 1.13 bits per heavy atom. The van der Waals surface area contributed by atoms with Gasteiger partial charge in [0.15, 0.2) is 17.3 Å². The van der Waals surface area contributed by atoms with Crippen LogP contribution < -0.4 is 5.32 Å². The molecule has 5 aromatic rings. The highest BCUT2D eigenvalue weighted by Gasteiger charge is 2.20. The third kappa shape index (κ3) is 3.30. The van der Waals surface area contributed by atoms with Gasteiger partial charge in [-0.05, 0) is 30.3 Å². The molecule has 154 valence electrons. The molecule has 4 aromatic heterocycles. The van der Waals surface area contributed by atoms with Gasteiger partial charge in [-0.25, -0.2) is 18.6 Å². The SMILES string of the molecule is O=C(Nc1nn(CCO)c2nc(-c3cnn4ccccc34)c(F)cc12)c1ccccc1. The maximum Gasteiger partial charge on any atom is 0.256 e. The number of pyridine rings is 2. The first-order valence-corrected chi connectivity index (χ1v) is 9.63. The highest BCUT2D eigenvalue weighted by Crippen LogP contribution is 2.31. The predicted molar refractivity (Wildman–Crippen MR) is 113 cm³/mol. The number of nitrogens with one attached hydrogen (secondary N) is 1. The van der Waals surface area contributed by atoms with Crippen LogP contribution in [-0.2, 0) is 6.54 Å². The molecule has 0 spiro atoms. The van der Waals surface area contributed by atoms with Crippen molar-refractivity contribution in [1.29, 1.82) is 0 Å². The van der Waals surface area contributed by atoms with Crippen LogP contribution in [0.2, 0.25) is 0 Å². The fourth-order valence-corrected chi connectivity index (χ4v) is 3.49. The maximum absolute atomic E-state index is 15.1. The number of fused-ring (bicyclic) bond motifs is 2. The van der Waals surface area contributed by atoms with Gasteiger partial charge in [-0.3, -0.25) is 4.79 Å². The Labute approximate surface area is 175 Å². The summed E-state index contributed by atoms with van der Waals surface area (Å²) in [7, 11) is 0. The second-order valence-electron chi connectivity index (χ2n) is 6.89. The quantitative estimate of drug-likeness (QED) is 0.459. The average Bonchev–Trinajstić information content (AvgIpc) is 3.36. The molecule has 8 nitrogen and oxygen atoms in total. The summed E-state index contributed by atoms with van der Waals surface area (Å²) >= 11 is 0. The minimum atomic E-state index is -0.565. The topological polar surface area (TPSA) is 97.3 Å². The van der Waals surface area contributed by atoms with Gasteiger partial charge in [0.2, 0.25) is 0 Å². The van der Waals surface area contributed by atoms with Crippen molar-refractivity contribution in [2.24, 2.45) is 0 Å². The third-order valence-electron chi connectivity index (χ3n) is 4.94. The van der Waals surface area contributed by atoms with Crippen LogP contribution in [0.5, 0.6) is 0 Å². The molecule has 0 aliphatic heterocycles. The molecule has 9 heteroatoms. The van der Waals surface area contributed by atoms with Crippen LogP contribution in [0.25, 0.3) is 27.8 Å². The van der Waals surface area contributed by atoms with E-state index in [1.165, 1.54) is 10.7 Å². The van der Waals surface area contributed by atoms with Gasteiger partial charge >= 0.3 is 0 Å². The molecule has 0 aliphatic carbocycles. The summed E-state index contributed by atoms with van der Waals surface area (Å²) in [5.41, 5.74) is 2.16. The molecule has 0 saturated carbocycles. The number of hydrogen-bond donors (Lipinski definition) is 2. The van der Waals surface area contributed by atoms with Crippen molar-refractivity contribution in [3.63, 3.8) is 0 Å². The lowest BCUT2D eigenvalue weighted by molar-refractivity contribution is 0.102. The molecule has 0 unspecified atom stereocenters. The van der Waals surface area contributed by atoms with E-state index in [1.54, 1.807) is 41.2 Å². The van der Waals surface area contributed by atoms with Crippen LogP contribution in [0, 0.1) is 5.82 Å². The number of halogens is 1. The molecular formula is C22H17FN6O2. The number of aliphatic hydroxyl groups excluding tert-OH is 1. The van der Waals surface area contributed by atoms with Crippen LogP contribution in [0.3, 0.4) is 0 Å². The largest absolute Gasteiger partial charge is 0.394 e. The van der Waals surface area contributed by atoms with E-state index in [9.17, 15) is 9.90 Å². The van der Waals surface area contributed by atoms with Gasteiger partial charge in [-0.1, -0.05) is 24.3 Å². The zero-order valence-electron chi connectivity index (χ0n) is 16.2. The van der Waals surface area contributed by atoms with Gasteiger partial charge in [0, 0.05) is 17.3 Å². The Balaban J connectivity index is 1.63. The number of rotatable bonds is 5. The Bertz CT molecular complexity index is 1410. The zero-order valence-corrected chi connectivity index (χ0v) is 16.2. The second-order valence-corrected chi connectivity index (χ2v) is 6.89. The molecule has 0 radical (unpaired) electrons. The summed E-state index contributed by atoms with van der Waals surface area (Å²) in [5, 5.41) is 21.1. The van der Waals surface area contributed by atoms with Crippen molar-refractivity contribution in [1.82, 2.24) is 24.4 Å². The number of carbonyl (C=O) groups is 1. The monoisotopic (exact) mass is 416 g/mol. The predicted octanol–water partition coefficient (Wildman–Crippen LogP) is 3.13. The first-order chi connectivity index (χ1) is 15.2. The minimum Gasteiger partial charge on any atom is -0.394 e. The van der Waals surface area contributed by atoms with Crippen molar-refractivity contribution < 1.29 is 14.3 Å². The molecule has 0 saturated heterocycles. The molecule has 1 amide bonds. The number of aromatic nitrogens is 5. The lowest BCUT2D eigenvalue weighted by Crippen LogP contribution is -2.13. The first-order valence-electron chi connectivity index (χ1n) is 9.63. The molecule has 0 fully saturated rings. The van der Waals surface area contributed by atoms with Gasteiger partial charge < -0.3 is 10.4 Å². The highest BCUT2D eigenvalue weighted by atomic mass is 19.1. The van der Waals surface area contributed by atoms with Crippen LogP contribution in [0.15, 0.2) is 67.0 Å². The van der Waals surface area contributed by atoms with E-state index in [0.717, 1.165) is 0 Å². The zero-order chi connectivity index (χ0) is 21.4. The van der Waals surface area contributed by atoms with Crippen molar-refractivity contribution >= 4 is 28.3 Å². The van der Waals surface area contributed by atoms with E-state index in [2.05, 4.69) is 20.5 Å². The van der Waals surface area contributed by atoms with Crippen LogP contribution >= 0.6 is 0 Å². The number of anilines is 1. The van der Waals surface area contributed by atoms with Gasteiger partial charge in [0.05, 0.1) is 30.3 Å². The first kappa shape index (κ1) is 18.9. The third-order valence-corrected chi connectivity index (χ3v) is 4.94. The summed E-state index contributed by atoms with van der Waals surface area (Å²) in [6.07, 6.45) is 3.32. The average molecular weight is 416 g/mol. The minimum absolute atomic E-state index is 0.119. The van der Waals surface area contributed by atoms with Crippen LogP contribution in [0.1, 0.15) is 10.4 Å². The molecular weight excluding hydrogens is 399 g/mol. The van der Waals surface area contributed by atoms with Crippen LogP contribution in [-0.4, -0.2) is 42.0 Å².